The number of halogens is 1. The number of benzene rings is 1. The van der Waals surface area contributed by atoms with Crippen LogP contribution in [-0.2, 0) is 6.42 Å². The van der Waals surface area contributed by atoms with E-state index in [-0.39, 0.29) is 6.04 Å². The summed E-state index contributed by atoms with van der Waals surface area (Å²) < 4.78 is 0. The second-order valence-electron chi connectivity index (χ2n) is 6.58. The quantitative estimate of drug-likeness (QED) is 0.911. The topological polar surface area (TPSA) is 29.3 Å². The molecule has 1 saturated heterocycles. The van der Waals surface area contributed by atoms with Crippen LogP contribution in [0.5, 0.6) is 0 Å². The molecule has 2 rings (SSSR count). The number of anilines is 1. The van der Waals surface area contributed by atoms with Gasteiger partial charge in [0.25, 0.3) is 0 Å². The Bertz CT molecular complexity index is 430. The summed E-state index contributed by atoms with van der Waals surface area (Å²) in [5.41, 5.74) is 8.90. The van der Waals surface area contributed by atoms with Crippen LogP contribution in [0.25, 0.3) is 0 Å². The average molecular weight is 281 g/mol. The first-order valence-electron chi connectivity index (χ1n) is 7.17. The molecule has 0 bridgehead atoms. The lowest BCUT2D eigenvalue weighted by molar-refractivity contribution is 0.279. The number of para-hydroxylation sites is 1. The highest BCUT2D eigenvalue weighted by Crippen LogP contribution is 2.37. The fourth-order valence-electron chi connectivity index (χ4n) is 2.76. The van der Waals surface area contributed by atoms with Gasteiger partial charge in [-0.2, -0.15) is 0 Å². The first-order chi connectivity index (χ1) is 8.89. The summed E-state index contributed by atoms with van der Waals surface area (Å²) in [6, 6.07) is 6.33. The summed E-state index contributed by atoms with van der Waals surface area (Å²) in [4.78, 5) is 2.44. The summed E-state index contributed by atoms with van der Waals surface area (Å²) in [7, 11) is 0. The zero-order chi connectivity index (χ0) is 14.0. The molecule has 1 aromatic rings. The maximum absolute atomic E-state index is 6.43. The molecule has 2 nitrogen and oxygen atoms in total. The fraction of sp³-hybridized carbons (Fsp3) is 0.625. The fourth-order valence-corrected chi connectivity index (χ4v) is 3.08. The van der Waals surface area contributed by atoms with Crippen LogP contribution < -0.4 is 10.6 Å². The van der Waals surface area contributed by atoms with Crippen LogP contribution >= 0.6 is 11.6 Å². The van der Waals surface area contributed by atoms with Crippen LogP contribution in [0, 0.1) is 5.41 Å². The Morgan fingerprint density at radius 1 is 1.32 bits per heavy atom. The van der Waals surface area contributed by atoms with Gasteiger partial charge in [0.2, 0.25) is 0 Å². The highest BCUT2D eigenvalue weighted by atomic mass is 35.5. The SMILES string of the molecule is CC(N)Cc1cccc(Cl)c1N1CCC(C)(C)CC1. The van der Waals surface area contributed by atoms with Crippen LogP contribution in [0.4, 0.5) is 5.69 Å². The maximum Gasteiger partial charge on any atom is 0.0642 e. The highest BCUT2D eigenvalue weighted by Gasteiger charge is 2.27. The Labute approximate surface area is 121 Å². The monoisotopic (exact) mass is 280 g/mol. The summed E-state index contributed by atoms with van der Waals surface area (Å²) in [5.74, 6) is 0. The van der Waals surface area contributed by atoms with E-state index in [1.807, 2.05) is 19.1 Å². The van der Waals surface area contributed by atoms with Crippen LogP contribution in [0.15, 0.2) is 18.2 Å². The van der Waals surface area contributed by atoms with Crippen molar-refractivity contribution in [2.75, 3.05) is 18.0 Å². The van der Waals surface area contributed by atoms with Crippen LogP contribution in [-0.4, -0.2) is 19.1 Å². The largest absolute Gasteiger partial charge is 0.370 e. The van der Waals surface area contributed by atoms with Crippen molar-refractivity contribution in [1.82, 2.24) is 0 Å². The third-order valence-electron chi connectivity index (χ3n) is 4.05. The molecule has 0 aromatic heterocycles. The Hall–Kier alpha value is -0.730. The van der Waals surface area contributed by atoms with Crippen molar-refractivity contribution in [2.45, 2.75) is 46.1 Å². The van der Waals surface area contributed by atoms with Gasteiger partial charge in [0, 0.05) is 19.1 Å². The van der Waals surface area contributed by atoms with Crippen molar-refractivity contribution in [3.05, 3.63) is 28.8 Å². The lowest BCUT2D eigenvalue weighted by Gasteiger charge is -2.39. The van der Waals surface area contributed by atoms with E-state index >= 15 is 0 Å². The third kappa shape index (κ3) is 3.64. The van der Waals surface area contributed by atoms with E-state index in [0.717, 1.165) is 24.5 Å². The molecule has 3 heteroatoms. The molecule has 1 atom stereocenters. The van der Waals surface area contributed by atoms with Gasteiger partial charge in [0.15, 0.2) is 0 Å². The number of hydrogen-bond donors (Lipinski definition) is 1. The summed E-state index contributed by atoms with van der Waals surface area (Å²) >= 11 is 6.43. The summed E-state index contributed by atoms with van der Waals surface area (Å²) in [6.45, 7) is 8.91. The van der Waals surface area contributed by atoms with Crippen molar-refractivity contribution in [1.29, 1.82) is 0 Å². The Balaban J connectivity index is 2.24. The van der Waals surface area contributed by atoms with E-state index in [0.29, 0.717) is 5.41 Å². The van der Waals surface area contributed by atoms with Crippen molar-refractivity contribution in [3.8, 4) is 0 Å². The molecule has 1 aromatic carbocycles. The molecule has 1 unspecified atom stereocenters. The molecule has 1 fully saturated rings. The minimum atomic E-state index is 0.165. The van der Waals surface area contributed by atoms with Gasteiger partial charge >= 0.3 is 0 Å². The normalized spacial score (nSPS) is 20.4. The molecular formula is C16H25ClN2. The molecule has 1 heterocycles. The van der Waals surface area contributed by atoms with Gasteiger partial charge in [-0.3, -0.25) is 0 Å². The van der Waals surface area contributed by atoms with E-state index in [9.17, 15) is 0 Å². The standard InChI is InChI=1S/C16H25ClN2/c1-12(18)11-13-5-4-6-14(17)15(13)19-9-7-16(2,3)8-10-19/h4-6,12H,7-11,18H2,1-3H3. The van der Waals surface area contributed by atoms with Crippen molar-refractivity contribution < 1.29 is 0 Å². The number of hydrogen-bond acceptors (Lipinski definition) is 2. The predicted molar refractivity (Wildman–Crippen MR) is 84.0 cm³/mol. The van der Waals surface area contributed by atoms with Crippen LogP contribution in [0.3, 0.4) is 0 Å². The Kier molecular flexibility index (Phi) is 4.42. The third-order valence-corrected chi connectivity index (χ3v) is 4.35. The zero-order valence-electron chi connectivity index (χ0n) is 12.2. The Morgan fingerprint density at radius 2 is 1.95 bits per heavy atom. The highest BCUT2D eigenvalue weighted by molar-refractivity contribution is 6.33. The van der Waals surface area contributed by atoms with Gasteiger partial charge in [0.05, 0.1) is 10.7 Å². The molecule has 1 aliphatic rings. The summed E-state index contributed by atoms with van der Waals surface area (Å²) in [5, 5.41) is 0.859. The predicted octanol–water partition coefficient (Wildman–Crippen LogP) is 3.86. The molecule has 0 aliphatic carbocycles. The number of nitrogens with two attached hydrogens (primary N) is 1. The van der Waals surface area contributed by atoms with Crippen LogP contribution in [0.2, 0.25) is 5.02 Å². The Morgan fingerprint density at radius 3 is 2.53 bits per heavy atom. The van der Waals surface area contributed by atoms with E-state index in [4.69, 9.17) is 17.3 Å². The minimum Gasteiger partial charge on any atom is -0.370 e. The van der Waals surface area contributed by atoms with Gasteiger partial charge in [-0.15, -0.1) is 0 Å². The number of piperidine rings is 1. The van der Waals surface area contributed by atoms with Crippen molar-refractivity contribution in [3.63, 3.8) is 0 Å². The molecule has 0 radical (unpaired) electrons. The lowest BCUT2D eigenvalue weighted by atomic mass is 9.82. The number of nitrogens with zero attached hydrogens (tertiary/aromatic N) is 1. The van der Waals surface area contributed by atoms with Gasteiger partial charge in [-0.05, 0) is 43.2 Å². The maximum atomic E-state index is 6.43. The van der Waals surface area contributed by atoms with E-state index in [1.54, 1.807) is 0 Å². The molecule has 106 valence electrons. The molecule has 0 saturated carbocycles. The molecule has 0 amide bonds. The minimum absolute atomic E-state index is 0.165. The van der Waals surface area contributed by atoms with E-state index in [2.05, 4.69) is 24.8 Å². The zero-order valence-corrected chi connectivity index (χ0v) is 13.0. The van der Waals surface area contributed by atoms with Gasteiger partial charge < -0.3 is 10.6 Å². The molecule has 2 N–H and O–H groups in total. The van der Waals surface area contributed by atoms with Gasteiger partial charge in [-0.1, -0.05) is 37.6 Å². The first-order valence-corrected chi connectivity index (χ1v) is 7.55. The van der Waals surface area contributed by atoms with Gasteiger partial charge in [-0.25, -0.2) is 0 Å². The van der Waals surface area contributed by atoms with Crippen molar-refractivity contribution >= 4 is 17.3 Å². The molecule has 0 spiro atoms. The summed E-state index contributed by atoms with van der Waals surface area (Å²) in [6.07, 6.45) is 3.32. The molecule has 19 heavy (non-hydrogen) atoms. The second-order valence-corrected chi connectivity index (χ2v) is 6.99. The molecular weight excluding hydrogens is 256 g/mol. The van der Waals surface area contributed by atoms with Crippen molar-refractivity contribution in [2.24, 2.45) is 11.1 Å². The van der Waals surface area contributed by atoms with Crippen LogP contribution in [0.1, 0.15) is 39.2 Å². The van der Waals surface area contributed by atoms with Gasteiger partial charge in [0.1, 0.15) is 0 Å². The second kappa shape index (κ2) is 5.72. The lowest BCUT2D eigenvalue weighted by Crippen LogP contribution is -2.38. The van der Waals surface area contributed by atoms with E-state index in [1.165, 1.54) is 24.1 Å². The smallest absolute Gasteiger partial charge is 0.0642 e. The van der Waals surface area contributed by atoms with E-state index < -0.39 is 0 Å². The first kappa shape index (κ1) is 14.7. The average Bonchev–Trinajstić information content (AvgIpc) is 2.30. The molecule has 1 aliphatic heterocycles. The number of rotatable bonds is 3.